The van der Waals surface area contributed by atoms with Gasteiger partial charge < -0.3 is 14.9 Å². The van der Waals surface area contributed by atoms with Crippen molar-refractivity contribution in [2.75, 3.05) is 0 Å². The third-order valence-corrected chi connectivity index (χ3v) is 2.52. The second-order valence-corrected chi connectivity index (χ2v) is 3.94. The van der Waals surface area contributed by atoms with E-state index >= 15 is 0 Å². The topological polar surface area (TPSA) is 66.8 Å². The number of ether oxygens (including phenoxy) is 1. The van der Waals surface area contributed by atoms with Crippen molar-refractivity contribution in [3.8, 4) is 0 Å². The van der Waals surface area contributed by atoms with Crippen LogP contribution in [0.15, 0.2) is 18.2 Å². The molecule has 3 atom stereocenters. The number of aliphatic carboxylic acids is 1. The number of hydrogen-bond donors (Lipinski definition) is 2. The summed E-state index contributed by atoms with van der Waals surface area (Å²) in [5.74, 6) is -3.52. The molecule has 0 aliphatic heterocycles. The number of aliphatic hydroxyl groups excluding tert-OH is 1. The number of benzene rings is 1. The molecule has 0 saturated heterocycles. The lowest BCUT2D eigenvalue weighted by atomic mass is 10.1. The second-order valence-electron chi connectivity index (χ2n) is 3.94. The number of aliphatic hydroxyl groups is 1. The van der Waals surface area contributed by atoms with Gasteiger partial charge in [0.25, 0.3) is 0 Å². The van der Waals surface area contributed by atoms with Gasteiger partial charge in [-0.3, -0.25) is 0 Å². The average Bonchev–Trinajstić information content (AvgIpc) is 2.26. The summed E-state index contributed by atoms with van der Waals surface area (Å²) >= 11 is 0. The summed E-state index contributed by atoms with van der Waals surface area (Å²) in [7, 11) is 0. The van der Waals surface area contributed by atoms with E-state index in [0.29, 0.717) is 0 Å². The van der Waals surface area contributed by atoms with Crippen LogP contribution in [0.1, 0.15) is 25.5 Å². The highest BCUT2D eigenvalue weighted by Crippen LogP contribution is 2.26. The summed E-state index contributed by atoms with van der Waals surface area (Å²) in [6.07, 6.45) is -3.62. The van der Waals surface area contributed by atoms with E-state index in [-0.39, 0.29) is 0 Å². The monoisotopic (exact) mass is 260 g/mol. The Balaban J connectivity index is 3.09. The van der Waals surface area contributed by atoms with E-state index in [0.717, 1.165) is 18.2 Å². The standard InChI is InChI=1S/C12H14F2O4/c1-6(15)7(2)18-11(12(16)17)10-8(13)4-3-5-9(10)14/h3-7,11,15H,1-2H3,(H,16,17). The Labute approximate surface area is 103 Å². The zero-order chi connectivity index (χ0) is 13.9. The van der Waals surface area contributed by atoms with Crippen molar-refractivity contribution in [2.24, 2.45) is 0 Å². The molecule has 0 heterocycles. The van der Waals surface area contributed by atoms with E-state index < -0.39 is 41.5 Å². The van der Waals surface area contributed by atoms with Crippen LogP contribution < -0.4 is 0 Å². The van der Waals surface area contributed by atoms with Crippen molar-refractivity contribution < 1.29 is 28.5 Å². The minimum atomic E-state index is -1.80. The Morgan fingerprint density at radius 2 is 1.78 bits per heavy atom. The van der Waals surface area contributed by atoms with E-state index in [1.807, 2.05) is 0 Å². The van der Waals surface area contributed by atoms with Gasteiger partial charge in [0.2, 0.25) is 0 Å². The number of carbonyl (C=O) groups is 1. The number of carboxylic acid groups (broad SMARTS) is 1. The molecule has 100 valence electrons. The van der Waals surface area contributed by atoms with Crippen molar-refractivity contribution >= 4 is 5.97 Å². The van der Waals surface area contributed by atoms with Gasteiger partial charge in [0.1, 0.15) is 11.6 Å². The van der Waals surface area contributed by atoms with Crippen LogP contribution in [0.25, 0.3) is 0 Å². The Morgan fingerprint density at radius 1 is 1.28 bits per heavy atom. The first-order valence-electron chi connectivity index (χ1n) is 5.34. The fourth-order valence-corrected chi connectivity index (χ4v) is 1.34. The summed E-state index contributed by atoms with van der Waals surface area (Å²) in [5.41, 5.74) is -0.669. The van der Waals surface area contributed by atoms with Crippen LogP contribution >= 0.6 is 0 Å². The Hall–Kier alpha value is -1.53. The Kier molecular flexibility index (Phi) is 4.75. The van der Waals surface area contributed by atoms with Crippen LogP contribution in [0.5, 0.6) is 0 Å². The smallest absolute Gasteiger partial charge is 0.337 e. The van der Waals surface area contributed by atoms with Crippen LogP contribution in [-0.4, -0.2) is 28.4 Å². The molecule has 0 spiro atoms. The summed E-state index contributed by atoms with van der Waals surface area (Å²) in [6, 6.07) is 3.03. The molecule has 0 amide bonds. The summed E-state index contributed by atoms with van der Waals surface area (Å²) < 4.78 is 31.9. The van der Waals surface area contributed by atoms with Crippen LogP contribution in [0.2, 0.25) is 0 Å². The normalized spacial score (nSPS) is 16.1. The zero-order valence-electron chi connectivity index (χ0n) is 9.93. The molecule has 0 aliphatic carbocycles. The molecule has 4 nitrogen and oxygen atoms in total. The molecule has 2 N–H and O–H groups in total. The largest absolute Gasteiger partial charge is 0.479 e. The van der Waals surface area contributed by atoms with Crippen LogP contribution in [0.3, 0.4) is 0 Å². The minimum absolute atomic E-state index is 0.669. The molecule has 0 bridgehead atoms. The average molecular weight is 260 g/mol. The van der Waals surface area contributed by atoms with Crippen molar-refractivity contribution in [2.45, 2.75) is 32.2 Å². The number of halogens is 2. The van der Waals surface area contributed by atoms with Crippen molar-refractivity contribution in [3.05, 3.63) is 35.4 Å². The molecule has 18 heavy (non-hydrogen) atoms. The third-order valence-electron chi connectivity index (χ3n) is 2.52. The van der Waals surface area contributed by atoms with Gasteiger partial charge in [0.05, 0.1) is 17.8 Å². The lowest BCUT2D eigenvalue weighted by Crippen LogP contribution is -2.29. The molecule has 0 saturated carbocycles. The Morgan fingerprint density at radius 3 is 2.17 bits per heavy atom. The maximum absolute atomic E-state index is 13.5. The summed E-state index contributed by atoms with van der Waals surface area (Å²) in [6.45, 7) is 2.81. The maximum Gasteiger partial charge on any atom is 0.337 e. The third kappa shape index (κ3) is 3.24. The Bertz CT molecular complexity index is 414. The molecule has 0 aromatic heterocycles. The van der Waals surface area contributed by atoms with Gasteiger partial charge in [-0.25, -0.2) is 13.6 Å². The van der Waals surface area contributed by atoms with Crippen LogP contribution in [0, 0.1) is 11.6 Å². The molecule has 1 rings (SSSR count). The lowest BCUT2D eigenvalue weighted by Gasteiger charge is -2.22. The zero-order valence-corrected chi connectivity index (χ0v) is 9.93. The first-order chi connectivity index (χ1) is 8.34. The fraction of sp³-hybridized carbons (Fsp3) is 0.417. The molecular formula is C12H14F2O4. The first kappa shape index (κ1) is 14.5. The highest BCUT2D eigenvalue weighted by molar-refractivity contribution is 5.74. The number of rotatable bonds is 5. The van der Waals surface area contributed by atoms with Crippen molar-refractivity contribution in [3.63, 3.8) is 0 Å². The summed E-state index contributed by atoms with van der Waals surface area (Å²) in [4.78, 5) is 11.0. The van der Waals surface area contributed by atoms with Gasteiger partial charge >= 0.3 is 5.97 Å². The van der Waals surface area contributed by atoms with E-state index in [1.54, 1.807) is 0 Å². The molecular weight excluding hydrogens is 246 g/mol. The predicted octanol–water partition coefficient (Wildman–Crippen LogP) is 1.88. The van der Waals surface area contributed by atoms with Gasteiger partial charge in [0, 0.05) is 0 Å². The van der Waals surface area contributed by atoms with E-state index in [1.165, 1.54) is 13.8 Å². The van der Waals surface area contributed by atoms with Gasteiger partial charge in [0.15, 0.2) is 6.10 Å². The van der Waals surface area contributed by atoms with E-state index in [4.69, 9.17) is 9.84 Å². The SMILES string of the molecule is CC(O)C(C)OC(C(=O)O)c1c(F)cccc1F. The molecule has 0 radical (unpaired) electrons. The van der Waals surface area contributed by atoms with Gasteiger partial charge in [-0.05, 0) is 26.0 Å². The molecule has 0 fully saturated rings. The molecule has 1 aromatic rings. The number of carboxylic acids is 1. The van der Waals surface area contributed by atoms with Gasteiger partial charge in [-0.1, -0.05) is 6.07 Å². The minimum Gasteiger partial charge on any atom is -0.479 e. The highest BCUT2D eigenvalue weighted by Gasteiger charge is 2.30. The lowest BCUT2D eigenvalue weighted by molar-refractivity contribution is -0.158. The second kappa shape index (κ2) is 5.88. The van der Waals surface area contributed by atoms with Crippen LogP contribution in [-0.2, 0) is 9.53 Å². The van der Waals surface area contributed by atoms with Crippen LogP contribution in [0.4, 0.5) is 8.78 Å². The van der Waals surface area contributed by atoms with Crippen molar-refractivity contribution in [1.82, 2.24) is 0 Å². The number of hydrogen-bond acceptors (Lipinski definition) is 3. The van der Waals surface area contributed by atoms with E-state index in [2.05, 4.69) is 0 Å². The fourth-order valence-electron chi connectivity index (χ4n) is 1.34. The summed E-state index contributed by atoms with van der Waals surface area (Å²) in [5, 5.41) is 18.2. The maximum atomic E-state index is 13.5. The predicted molar refractivity (Wildman–Crippen MR) is 59.0 cm³/mol. The van der Waals surface area contributed by atoms with E-state index in [9.17, 15) is 18.7 Å². The molecule has 0 aliphatic rings. The molecule has 3 unspecified atom stereocenters. The molecule has 1 aromatic carbocycles. The van der Waals surface area contributed by atoms with Crippen molar-refractivity contribution in [1.29, 1.82) is 0 Å². The molecule has 6 heteroatoms. The van der Waals surface area contributed by atoms with Gasteiger partial charge in [-0.15, -0.1) is 0 Å². The highest BCUT2D eigenvalue weighted by atomic mass is 19.1. The quantitative estimate of drug-likeness (QED) is 0.848. The van der Waals surface area contributed by atoms with Gasteiger partial charge in [-0.2, -0.15) is 0 Å². The first-order valence-corrected chi connectivity index (χ1v) is 5.34.